The van der Waals surface area contributed by atoms with Gasteiger partial charge in [-0.2, -0.15) is 0 Å². The van der Waals surface area contributed by atoms with Crippen LogP contribution in [0.25, 0.3) is 10.8 Å². The number of nitrogens with one attached hydrogen (secondary N) is 1. The smallest absolute Gasteiger partial charge is 0.277 e. The van der Waals surface area contributed by atoms with E-state index in [0.717, 1.165) is 28.3 Å². The number of carbonyl (C=O) groups is 1. The van der Waals surface area contributed by atoms with Crippen LogP contribution in [-0.2, 0) is 11.4 Å². The summed E-state index contributed by atoms with van der Waals surface area (Å²) in [4.78, 5) is 12.1. The van der Waals surface area contributed by atoms with Gasteiger partial charge >= 0.3 is 0 Å². The lowest BCUT2D eigenvalue weighted by atomic mass is 10.1. The molecule has 1 aromatic heterocycles. The molecule has 0 bridgehead atoms. The van der Waals surface area contributed by atoms with Gasteiger partial charge in [-0.25, -0.2) is 0 Å². The highest BCUT2D eigenvalue weighted by atomic mass is 79.9. The number of ether oxygens (including phenoxy) is 1. The highest BCUT2D eigenvalue weighted by Crippen LogP contribution is 2.26. The van der Waals surface area contributed by atoms with Crippen molar-refractivity contribution in [3.63, 3.8) is 0 Å². The Labute approximate surface area is 190 Å². The van der Waals surface area contributed by atoms with Crippen LogP contribution in [-0.4, -0.2) is 21.9 Å². The fourth-order valence-electron chi connectivity index (χ4n) is 2.66. The second-order valence-corrected chi connectivity index (χ2v) is 8.41. The number of benzene rings is 3. The first-order chi connectivity index (χ1) is 14.6. The quantitative estimate of drug-likeness (QED) is 0.313. The maximum absolute atomic E-state index is 12.1. The lowest BCUT2D eigenvalue weighted by Crippen LogP contribution is -2.13. The molecule has 0 saturated carbocycles. The van der Waals surface area contributed by atoms with Crippen molar-refractivity contribution < 1.29 is 13.9 Å². The molecule has 0 unspecified atom stereocenters. The standard InChI is InChI=1S/C21H15BrClN3O3S/c22-17-10-15(6-8-18(17)23)24-19(27)12-30-21-26-25-20(29-21)11-28-16-7-5-13-3-1-2-4-14(13)9-16/h1-10H,11-12H2,(H,24,27). The normalized spacial score (nSPS) is 10.9. The molecule has 0 radical (unpaired) electrons. The number of aromatic nitrogens is 2. The van der Waals surface area contributed by atoms with Crippen LogP contribution >= 0.6 is 39.3 Å². The Morgan fingerprint density at radius 2 is 1.93 bits per heavy atom. The molecule has 0 aliphatic rings. The van der Waals surface area contributed by atoms with E-state index >= 15 is 0 Å². The molecule has 0 aliphatic heterocycles. The number of halogens is 2. The SMILES string of the molecule is O=C(CSc1nnc(COc2ccc3ccccc3c2)o1)Nc1ccc(Cl)c(Br)c1. The molecule has 4 aromatic rings. The zero-order valence-electron chi connectivity index (χ0n) is 15.5. The third-order valence-corrected chi connectivity index (χ3v) is 6.09. The number of hydrogen-bond donors (Lipinski definition) is 1. The van der Waals surface area contributed by atoms with Gasteiger partial charge in [0, 0.05) is 10.2 Å². The molecule has 1 heterocycles. The van der Waals surface area contributed by atoms with E-state index in [1.54, 1.807) is 18.2 Å². The molecule has 152 valence electrons. The molecule has 6 nitrogen and oxygen atoms in total. The van der Waals surface area contributed by atoms with Crippen LogP contribution < -0.4 is 10.1 Å². The average Bonchev–Trinajstić information content (AvgIpc) is 3.21. The molecule has 4 rings (SSSR count). The van der Waals surface area contributed by atoms with Crippen molar-refractivity contribution in [2.45, 2.75) is 11.8 Å². The Kier molecular flexibility index (Phi) is 6.56. The number of thioether (sulfide) groups is 1. The predicted octanol–water partition coefficient (Wildman–Crippen LogP) is 5.95. The van der Waals surface area contributed by atoms with Gasteiger partial charge in [0.05, 0.1) is 10.8 Å². The van der Waals surface area contributed by atoms with Crippen LogP contribution in [0.1, 0.15) is 5.89 Å². The summed E-state index contributed by atoms with van der Waals surface area (Å²) in [6.45, 7) is 0.150. The highest BCUT2D eigenvalue weighted by Gasteiger charge is 2.11. The Bertz CT molecular complexity index is 1200. The number of rotatable bonds is 7. The summed E-state index contributed by atoms with van der Waals surface area (Å²) >= 11 is 10.4. The third-order valence-electron chi connectivity index (χ3n) is 4.06. The first kappa shape index (κ1) is 20.7. The van der Waals surface area contributed by atoms with E-state index < -0.39 is 0 Å². The molecule has 0 aliphatic carbocycles. The van der Waals surface area contributed by atoms with Crippen LogP contribution in [0.15, 0.2) is 74.8 Å². The van der Waals surface area contributed by atoms with E-state index in [1.807, 2.05) is 42.5 Å². The van der Waals surface area contributed by atoms with Crippen molar-refractivity contribution in [2.24, 2.45) is 0 Å². The average molecular weight is 505 g/mol. The van der Waals surface area contributed by atoms with Gasteiger partial charge in [0.15, 0.2) is 6.61 Å². The summed E-state index contributed by atoms with van der Waals surface area (Å²) in [5.74, 6) is 0.997. The topological polar surface area (TPSA) is 77.2 Å². The lowest BCUT2D eigenvalue weighted by Gasteiger charge is -2.05. The van der Waals surface area contributed by atoms with E-state index in [-0.39, 0.29) is 18.3 Å². The second-order valence-electron chi connectivity index (χ2n) is 6.23. The van der Waals surface area contributed by atoms with Gasteiger partial charge in [-0.3, -0.25) is 4.79 Å². The van der Waals surface area contributed by atoms with Gasteiger partial charge in [-0.05, 0) is 57.0 Å². The van der Waals surface area contributed by atoms with Crippen molar-refractivity contribution in [1.29, 1.82) is 0 Å². The number of amides is 1. The maximum atomic E-state index is 12.1. The highest BCUT2D eigenvalue weighted by molar-refractivity contribution is 9.10. The number of anilines is 1. The van der Waals surface area contributed by atoms with Crippen molar-refractivity contribution >= 4 is 61.7 Å². The first-order valence-corrected chi connectivity index (χ1v) is 11.0. The fourth-order valence-corrected chi connectivity index (χ4v) is 3.73. The number of hydrogen-bond acceptors (Lipinski definition) is 6. The molecular weight excluding hydrogens is 490 g/mol. The van der Waals surface area contributed by atoms with Crippen molar-refractivity contribution in [2.75, 3.05) is 11.1 Å². The molecule has 30 heavy (non-hydrogen) atoms. The molecule has 0 spiro atoms. The zero-order chi connectivity index (χ0) is 20.9. The van der Waals surface area contributed by atoms with Gasteiger partial charge in [0.25, 0.3) is 11.1 Å². The minimum atomic E-state index is -0.193. The zero-order valence-corrected chi connectivity index (χ0v) is 18.6. The minimum Gasteiger partial charge on any atom is -0.484 e. The third kappa shape index (κ3) is 5.33. The lowest BCUT2D eigenvalue weighted by molar-refractivity contribution is -0.113. The van der Waals surface area contributed by atoms with Crippen molar-refractivity contribution in [3.8, 4) is 5.75 Å². The largest absolute Gasteiger partial charge is 0.484 e. The van der Waals surface area contributed by atoms with Crippen LogP contribution in [0, 0.1) is 0 Å². The molecule has 0 saturated heterocycles. The molecule has 0 fully saturated rings. The Hall–Kier alpha value is -2.55. The van der Waals surface area contributed by atoms with Gasteiger partial charge in [0.2, 0.25) is 5.91 Å². The van der Waals surface area contributed by atoms with Crippen LogP contribution in [0.2, 0.25) is 5.02 Å². The number of nitrogens with zero attached hydrogens (tertiary/aromatic N) is 2. The molecule has 1 amide bonds. The van der Waals surface area contributed by atoms with Crippen molar-refractivity contribution in [3.05, 3.63) is 76.0 Å². The predicted molar refractivity (Wildman–Crippen MR) is 121 cm³/mol. The first-order valence-electron chi connectivity index (χ1n) is 8.88. The molecule has 3 aromatic carbocycles. The number of fused-ring (bicyclic) bond motifs is 1. The van der Waals surface area contributed by atoms with E-state index in [0.29, 0.717) is 26.3 Å². The van der Waals surface area contributed by atoms with E-state index in [9.17, 15) is 4.79 Å². The van der Waals surface area contributed by atoms with Gasteiger partial charge in [0.1, 0.15) is 5.75 Å². The van der Waals surface area contributed by atoms with Gasteiger partial charge in [-0.15, -0.1) is 10.2 Å². The van der Waals surface area contributed by atoms with E-state index in [4.69, 9.17) is 20.8 Å². The minimum absolute atomic E-state index is 0.132. The Balaban J connectivity index is 1.28. The van der Waals surface area contributed by atoms with Crippen molar-refractivity contribution in [1.82, 2.24) is 10.2 Å². The molecule has 1 N–H and O–H groups in total. The monoisotopic (exact) mass is 503 g/mol. The van der Waals surface area contributed by atoms with E-state index in [1.165, 1.54) is 0 Å². The second kappa shape index (κ2) is 9.51. The Morgan fingerprint density at radius 3 is 2.77 bits per heavy atom. The summed E-state index contributed by atoms with van der Waals surface area (Å²) in [5.41, 5.74) is 0.645. The summed E-state index contributed by atoms with van der Waals surface area (Å²) in [5, 5.41) is 13.8. The van der Waals surface area contributed by atoms with Gasteiger partial charge in [-0.1, -0.05) is 53.7 Å². The van der Waals surface area contributed by atoms with Crippen LogP contribution in [0.3, 0.4) is 0 Å². The van der Waals surface area contributed by atoms with Crippen LogP contribution in [0.4, 0.5) is 5.69 Å². The molecule has 9 heteroatoms. The van der Waals surface area contributed by atoms with E-state index in [2.05, 4.69) is 31.4 Å². The summed E-state index contributed by atoms with van der Waals surface area (Å²) in [6.07, 6.45) is 0. The fraction of sp³-hybridized carbons (Fsp3) is 0.0952. The number of carbonyl (C=O) groups excluding carboxylic acids is 1. The van der Waals surface area contributed by atoms with Gasteiger partial charge < -0.3 is 14.5 Å². The summed E-state index contributed by atoms with van der Waals surface area (Å²) < 4.78 is 12.0. The molecule has 0 atom stereocenters. The maximum Gasteiger partial charge on any atom is 0.277 e. The van der Waals surface area contributed by atoms with Crippen LogP contribution in [0.5, 0.6) is 5.75 Å². The summed E-state index contributed by atoms with van der Waals surface area (Å²) in [6, 6.07) is 19.1. The molecular formula is C21H15BrClN3O3S. The Morgan fingerprint density at radius 1 is 1.10 bits per heavy atom. The summed E-state index contributed by atoms with van der Waals surface area (Å²) in [7, 11) is 0.